The van der Waals surface area contributed by atoms with Crippen molar-refractivity contribution in [1.82, 2.24) is 4.90 Å². The minimum Gasteiger partial charge on any atom is -0.479 e. The van der Waals surface area contributed by atoms with Crippen LogP contribution in [0, 0.1) is 5.92 Å². The summed E-state index contributed by atoms with van der Waals surface area (Å²) in [4.78, 5) is 25.6. The predicted molar refractivity (Wildman–Crippen MR) is 74.9 cm³/mol. The molecule has 0 saturated heterocycles. The van der Waals surface area contributed by atoms with Crippen molar-refractivity contribution in [3.63, 3.8) is 0 Å². The van der Waals surface area contributed by atoms with Crippen molar-refractivity contribution in [2.24, 2.45) is 5.92 Å². The molecule has 4 nitrogen and oxygen atoms in total. The standard InChI is InChI=1S/C15H27NO3/c1-4-5-9-12(2)13(17)16(3)15(14(18)19)10-7-6-8-11-15/h12H,4-11H2,1-3H3,(H,18,19). The molecular weight excluding hydrogens is 242 g/mol. The molecule has 110 valence electrons. The molecular formula is C15H27NO3. The van der Waals surface area contributed by atoms with E-state index in [2.05, 4.69) is 6.92 Å². The highest BCUT2D eigenvalue weighted by atomic mass is 16.4. The summed E-state index contributed by atoms with van der Waals surface area (Å²) >= 11 is 0. The van der Waals surface area contributed by atoms with Gasteiger partial charge in [0.05, 0.1) is 0 Å². The summed E-state index contributed by atoms with van der Waals surface area (Å²) in [6.07, 6.45) is 6.96. The fourth-order valence-electron chi connectivity index (χ4n) is 3.00. The third-order valence-electron chi connectivity index (χ3n) is 4.46. The molecule has 0 radical (unpaired) electrons. The van der Waals surface area contributed by atoms with Gasteiger partial charge >= 0.3 is 5.97 Å². The summed E-state index contributed by atoms with van der Waals surface area (Å²) in [5.74, 6) is -0.938. The normalized spacial score (nSPS) is 19.7. The van der Waals surface area contributed by atoms with E-state index in [4.69, 9.17) is 0 Å². The maximum atomic E-state index is 12.4. The number of likely N-dealkylation sites (N-methyl/N-ethyl adjacent to an activating group) is 1. The lowest BCUT2D eigenvalue weighted by Gasteiger charge is -2.42. The van der Waals surface area contributed by atoms with Crippen molar-refractivity contribution >= 4 is 11.9 Å². The average molecular weight is 269 g/mol. The lowest BCUT2D eigenvalue weighted by Crippen LogP contribution is -2.57. The maximum Gasteiger partial charge on any atom is 0.329 e. The van der Waals surface area contributed by atoms with Crippen LogP contribution in [-0.4, -0.2) is 34.5 Å². The Labute approximate surface area is 116 Å². The van der Waals surface area contributed by atoms with Gasteiger partial charge in [0.1, 0.15) is 5.54 Å². The highest BCUT2D eigenvalue weighted by Gasteiger charge is 2.45. The number of unbranched alkanes of at least 4 members (excludes halogenated alkanes) is 1. The first-order valence-electron chi connectivity index (χ1n) is 7.46. The van der Waals surface area contributed by atoms with Crippen LogP contribution in [0.25, 0.3) is 0 Å². The van der Waals surface area contributed by atoms with E-state index >= 15 is 0 Å². The number of hydrogen-bond acceptors (Lipinski definition) is 2. The number of carbonyl (C=O) groups excluding carboxylic acids is 1. The molecule has 0 heterocycles. The Balaban J connectivity index is 2.79. The van der Waals surface area contributed by atoms with Crippen LogP contribution in [0.2, 0.25) is 0 Å². The van der Waals surface area contributed by atoms with Gasteiger partial charge in [-0.3, -0.25) is 4.79 Å². The molecule has 0 aromatic carbocycles. The lowest BCUT2D eigenvalue weighted by atomic mass is 9.80. The Kier molecular flexibility index (Phi) is 5.83. The molecule has 1 unspecified atom stereocenters. The Bertz CT molecular complexity index is 321. The van der Waals surface area contributed by atoms with Crippen LogP contribution < -0.4 is 0 Å². The molecule has 1 aliphatic rings. The zero-order valence-corrected chi connectivity index (χ0v) is 12.4. The second kappa shape index (κ2) is 6.92. The number of carboxylic acid groups (broad SMARTS) is 1. The first-order chi connectivity index (χ1) is 8.95. The van der Waals surface area contributed by atoms with Gasteiger partial charge in [-0.25, -0.2) is 4.79 Å². The van der Waals surface area contributed by atoms with Crippen LogP contribution in [0.3, 0.4) is 0 Å². The van der Waals surface area contributed by atoms with Crippen LogP contribution in [0.1, 0.15) is 65.2 Å². The lowest BCUT2D eigenvalue weighted by molar-refractivity contribution is -0.161. The minimum absolute atomic E-state index is 0.0160. The summed E-state index contributed by atoms with van der Waals surface area (Å²) in [5.41, 5.74) is -0.962. The van der Waals surface area contributed by atoms with E-state index in [1.54, 1.807) is 7.05 Å². The zero-order valence-electron chi connectivity index (χ0n) is 12.4. The van der Waals surface area contributed by atoms with E-state index in [0.29, 0.717) is 12.8 Å². The van der Waals surface area contributed by atoms with Crippen molar-refractivity contribution < 1.29 is 14.7 Å². The number of rotatable bonds is 6. The molecule has 1 aliphatic carbocycles. The molecule has 0 aliphatic heterocycles. The Morgan fingerprint density at radius 2 is 1.84 bits per heavy atom. The van der Waals surface area contributed by atoms with Gasteiger partial charge < -0.3 is 10.0 Å². The quantitative estimate of drug-likeness (QED) is 0.806. The summed E-state index contributed by atoms with van der Waals surface area (Å²) < 4.78 is 0. The highest BCUT2D eigenvalue weighted by Crippen LogP contribution is 2.34. The van der Waals surface area contributed by atoms with Crippen LogP contribution in [-0.2, 0) is 9.59 Å². The number of nitrogens with zero attached hydrogens (tertiary/aromatic N) is 1. The van der Waals surface area contributed by atoms with Crippen LogP contribution in [0.5, 0.6) is 0 Å². The first kappa shape index (κ1) is 16.0. The van der Waals surface area contributed by atoms with Gasteiger partial charge in [-0.1, -0.05) is 46.0 Å². The number of carbonyl (C=O) groups is 2. The molecule has 1 rings (SSSR count). The second-order valence-electron chi connectivity index (χ2n) is 5.84. The van der Waals surface area contributed by atoms with E-state index < -0.39 is 11.5 Å². The molecule has 0 aromatic rings. The highest BCUT2D eigenvalue weighted by molar-refractivity contribution is 5.88. The summed E-state index contributed by atoms with van der Waals surface area (Å²) in [5, 5.41) is 9.57. The second-order valence-corrected chi connectivity index (χ2v) is 5.84. The molecule has 0 bridgehead atoms. The Hall–Kier alpha value is -1.06. The van der Waals surface area contributed by atoms with Gasteiger partial charge in [0, 0.05) is 13.0 Å². The van der Waals surface area contributed by atoms with Crippen molar-refractivity contribution in [3.8, 4) is 0 Å². The van der Waals surface area contributed by atoms with Gasteiger partial charge in [0.2, 0.25) is 5.91 Å². The van der Waals surface area contributed by atoms with E-state index in [1.165, 1.54) is 4.90 Å². The molecule has 1 saturated carbocycles. The average Bonchev–Trinajstić information content (AvgIpc) is 2.43. The van der Waals surface area contributed by atoms with Crippen molar-refractivity contribution in [2.45, 2.75) is 70.8 Å². The Morgan fingerprint density at radius 1 is 1.26 bits per heavy atom. The van der Waals surface area contributed by atoms with Gasteiger partial charge in [0.15, 0.2) is 0 Å². The topological polar surface area (TPSA) is 57.6 Å². The van der Waals surface area contributed by atoms with Crippen molar-refractivity contribution in [3.05, 3.63) is 0 Å². The fraction of sp³-hybridized carbons (Fsp3) is 0.867. The maximum absolute atomic E-state index is 12.4. The number of carboxylic acids is 1. The number of amides is 1. The minimum atomic E-state index is -0.962. The van der Waals surface area contributed by atoms with Gasteiger partial charge in [0.25, 0.3) is 0 Å². The summed E-state index contributed by atoms with van der Waals surface area (Å²) in [6, 6.07) is 0. The van der Waals surface area contributed by atoms with Gasteiger partial charge in [-0.2, -0.15) is 0 Å². The van der Waals surface area contributed by atoms with E-state index in [0.717, 1.165) is 38.5 Å². The molecule has 19 heavy (non-hydrogen) atoms. The molecule has 1 atom stereocenters. The van der Waals surface area contributed by atoms with Crippen LogP contribution >= 0.6 is 0 Å². The van der Waals surface area contributed by atoms with Crippen molar-refractivity contribution in [2.75, 3.05) is 7.05 Å². The number of aliphatic carboxylic acids is 1. The molecule has 1 fully saturated rings. The number of hydrogen-bond donors (Lipinski definition) is 1. The van der Waals surface area contributed by atoms with Crippen molar-refractivity contribution in [1.29, 1.82) is 0 Å². The van der Waals surface area contributed by atoms with Crippen LogP contribution in [0.4, 0.5) is 0 Å². The predicted octanol–water partition coefficient (Wildman–Crippen LogP) is 3.06. The monoisotopic (exact) mass is 269 g/mol. The molecule has 1 N–H and O–H groups in total. The SMILES string of the molecule is CCCCC(C)C(=O)N(C)C1(C(=O)O)CCCCC1. The summed E-state index contributed by atoms with van der Waals surface area (Å²) in [7, 11) is 1.67. The molecule has 0 spiro atoms. The van der Waals surface area contributed by atoms with E-state index in [1.807, 2.05) is 6.92 Å². The third kappa shape index (κ3) is 3.48. The zero-order chi connectivity index (χ0) is 14.5. The first-order valence-corrected chi connectivity index (χ1v) is 7.46. The van der Waals surface area contributed by atoms with E-state index in [9.17, 15) is 14.7 Å². The van der Waals surface area contributed by atoms with Crippen LogP contribution in [0.15, 0.2) is 0 Å². The Morgan fingerprint density at radius 3 is 2.32 bits per heavy atom. The molecule has 0 aromatic heterocycles. The largest absolute Gasteiger partial charge is 0.479 e. The fourth-order valence-corrected chi connectivity index (χ4v) is 3.00. The third-order valence-corrected chi connectivity index (χ3v) is 4.46. The molecule has 1 amide bonds. The van der Waals surface area contributed by atoms with Gasteiger partial charge in [-0.15, -0.1) is 0 Å². The van der Waals surface area contributed by atoms with E-state index in [-0.39, 0.29) is 11.8 Å². The smallest absolute Gasteiger partial charge is 0.329 e. The van der Waals surface area contributed by atoms with Gasteiger partial charge in [-0.05, 0) is 19.3 Å². The molecule has 4 heteroatoms. The summed E-state index contributed by atoms with van der Waals surface area (Å²) in [6.45, 7) is 4.01.